The number of para-hydroxylation sites is 1. The predicted octanol–water partition coefficient (Wildman–Crippen LogP) is 1.93. The normalized spacial score (nSPS) is 15.5. The van der Waals surface area contributed by atoms with Gasteiger partial charge in [-0.15, -0.1) is 0 Å². The molecule has 2 aromatic rings. The fraction of sp³-hybridized carbons (Fsp3) is 0.444. The highest BCUT2D eigenvalue weighted by Crippen LogP contribution is 2.15. The van der Waals surface area contributed by atoms with E-state index in [1.54, 1.807) is 6.92 Å². The Balaban J connectivity index is 1.34. The van der Waals surface area contributed by atoms with Gasteiger partial charge in [0.05, 0.1) is 6.20 Å². The molecule has 1 N–H and O–H groups in total. The van der Waals surface area contributed by atoms with Crippen molar-refractivity contribution < 1.29 is 9.32 Å². The van der Waals surface area contributed by atoms with Gasteiger partial charge in [-0.1, -0.05) is 23.4 Å². The van der Waals surface area contributed by atoms with Crippen molar-refractivity contribution in [3.63, 3.8) is 0 Å². The third kappa shape index (κ3) is 4.14. The number of benzene rings is 1. The minimum atomic E-state index is -0.109. The molecular formula is C18H24N4O2. The first kappa shape index (κ1) is 16.5. The first-order chi connectivity index (χ1) is 11.7. The Kier molecular flexibility index (Phi) is 5.48. The Hall–Kier alpha value is -2.34. The molecule has 128 valence electrons. The first-order valence-corrected chi connectivity index (χ1v) is 8.46. The molecule has 2 heterocycles. The van der Waals surface area contributed by atoms with Gasteiger partial charge in [0.2, 0.25) is 0 Å². The van der Waals surface area contributed by atoms with Crippen LogP contribution in [0, 0.1) is 6.92 Å². The smallest absolute Gasteiger partial charge is 0.256 e. The number of carbonyl (C=O) groups excluding carboxylic acids is 1. The summed E-state index contributed by atoms with van der Waals surface area (Å²) in [5.74, 6) is 0.451. The van der Waals surface area contributed by atoms with Crippen molar-refractivity contribution in [2.75, 3.05) is 44.2 Å². The largest absolute Gasteiger partial charge is 0.369 e. The fourth-order valence-electron chi connectivity index (χ4n) is 2.98. The number of aromatic nitrogens is 1. The van der Waals surface area contributed by atoms with E-state index in [0.717, 1.165) is 39.1 Å². The maximum Gasteiger partial charge on any atom is 0.256 e. The van der Waals surface area contributed by atoms with E-state index in [1.807, 2.05) is 0 Å². The SMILES string of the molecule is Cc1oncc1C(=O)NCCCN1CCN(c2ccccc2)CC1. The van der Waals surface area contributed by atoms with E-state index in [0.29, 0.717) is 17.9 Å². The molecule has 1 aromatic heterocycles. The number of nitrogens with one attached hydrogen (secondary N) is 1. The molecule has 3 rings (SSSR count). The lowest BCUT2D eigenvalue weighted by atomic mass is 10.2. The molecule has 1 saturated heterocycles. The van der Waals surface area contributed by atoms with E-state index in [4.69, 9.17) is 4.52 Å². The van der Waals surface area contributed by atoms with Crippen LogP contribution in [0.3, 0.4) is 0 Å². The molecule has 0 bridgehead atoms. The summed E-state index contributed by atoms with van der Waals surface area (Å²) in [6.07, 6.45) is 2.41. The first-order valence-electron chi connectivity index (χ1n) is 8.46. The van der Waals surface area contributed by atoms with Crippen LogP contribution in [0.1, 0.15) is 22.5 Å². The molecule has 1 fully saturated rings. The molecule has 0 saturated carbocycles. The van der Waals surface area contributed by atoms with E-state index in [2.05, 4.69) is 50.6 Å². The van der Waals surface area contributed by atoms with Crippen molar-refractivity contribution >= 4 is 11.6 Å². The van der Waals surface area contributed by atoms with Crippen molar-refractivity contribution in [1.82, 2.24) is 15.4 Å². The number of nitrogens with zero attached hydrogens (tertiary/aromatic N) is 3. The van der Waals surface area contributed by atoms with Crippen molar-refractivity contribution in [1.29, 1.82) is 0 Å². The van der Waals surface area contributed by atoms with Crippen molar-refractivity contribution in [3.05, 3.63) is 47.9 Å². The number of hydrogen-bond donors (Lipinski definition) is 1. The zero-order chi connectivity index (χ0) is 16.8. The monoisotopic (exact) mass is 328 g/mol. The standard InChI is InChI=1S/C18H24N4O2/c1-15-17(14-20-24-15)18(23)19-8-5-9-21-10-12-22(13-11-21)16-6-3-2-4-7-16/h2-4,6-7,14H,5,8-13H2,1H3,(H,19,23). The van der Waals surface area contributed by atoms with Crippen molar-refractivity contribution in [3.8, 4) is 0 Å². The summed E-state index contributed by atoms with van der Waals surface area (Å²) in [5, 5.41) is 6.55. The molecule has 6 heteroatoms. The summed E-state index contributed by atoms with van der Waals surface area (Å²) < 4.78 is 4.91. The lowest BCUT2D eigenvalue weighted by molar-refractivity contribution is 0.0950. The average molecular weight is 328 g/mol. The Bertz CT molecular complexity index is 648. The van der Waals surface area contributed by atoms with Gasteiger partial charge in [-0.3, -0.25) is 9.69 Å². The van der Waals surface area contributed by atoms with Crippen LogP contribution in [0.2, 0.25) is 0 Å². The average Bonchev–Trinajstić information content (AvgIpc) is 3.06. The molecule has 0 unspecified atom stereocenters. The minimum Gasteiger partial charge on any atom is -0.369 e. The van der Waals surface area contributed by atoms with Crippen LogP contribution in [0.15, 0.2) is 41.1 Å². The Morgan fingerprint density at radius 1 is 1.21 bits per heavy atom. The minimum absolute atomic E-state index is 0.109. The summed E-state index contributed by atoms with van der Waals surface area (Å²) in [6, 6.07) is 10.5. The molecule has 0 aliphatic carbocycles. The fourth-order valence-corrected chi connectivity index (χ4v) is 2.98. The van der Waals surface area contributed by atoms with Gasteiger partial charge in [-0.25, -0.2) is 0 Å². The van der Waals surface area contributed by atoms with Gasteiger partial charge in [-0.05, 0) is 32.0 Å². The summed E-state index contributed by atoms with van der Waals surface area (Å²) in [7, 11) is 0. The number of aryl methyl sites for hydroxylation is 1. The van der Waals surface area contributed by atoms with Crippen LogP contribution in [-0.2, 0) is 0 Å². The van der Waals surface area contributed by atoms with Crippen LogP contribution in [0.25, 0.3) is 0 Å². The third-order valence-corrected chi connectivity index (χ3v) is 4.43. The molecule has 1 aliphatic rings. The summed E-state index contributed by atoms with van der Waals surface area (Å²) in [5.41, 5.74) is 1.82. The molecule has 0 atom stereocenters. The second-order valence-electron chi connectivity index (χ2n) is 6.07. The van der Waals surface area contributed by atoms with E-state index >= 15 is 0 Å². The Labute approximate surface area is 142 Å². The zero-order valence-electron chi connectivity index (χ0n) is 14.1. The number of piperazine rings is 1. The lowest BCUT2D eigenvalue weighted by Gasteiger charge is -2.36. The van der Waals surface area contributed by atoms with Crippen molar-refractivity contribution in [2.45, 2.75) is 13.3 Å². The van der Waals surface area contributed by atoms with Gasteiger partial charge in [0.1, 0.15) is 11.3 Å². The molecular weight excluding hydrogens is 304 g/mol. The van der Waals surface area contributed by atoms with Crippen LogP contribution >= 0.6 is 0 Å². The van der Waals surface area contributed by atoms with E-state index in [-0.39, 0.29) is 5.91 Å². The Morgan fingerprint density at radius 2 is 1.96 bits per heavy atom. The van der Waals surface area contributed by atoms with Gasteiger partial charge in [0, 0.05) is 38.4 Å². The summed E-state index contributed by atoms with van der Waals surface area (Å²) in [4.78, 5) is 16.8. The van der Waals surface area contributed by atoms with Gasteiger partial charge < -0.3 is 14.7 Å². The highest BCUT2D eigenvalue weighted by Gasteiger charge is 2.17. The van der Waals surface area contributed by atoms with E-state index < -0.39 is 0 Å². The summed E-state index contributed by atoms with van der Waals surface area (Å²) in [6.45, 7) is 7.65. The topological polar surface area (TPSA) is 61.6 Å². The van der Waals surface area contributed by atoms with Gasteiger partial charge >= 0.3 is 0 Å². The molecule has 1 aromatic carbocycles. The van der Waals surface area contributed by atoms with E-state index in [9.17, 15) is 4.79 Å². The second kappa shape index (κ2) is 7.97. The maximum atomic E-state index is 11.9. The quantitative estimate of drug-likeness (QED) is 0.821. The van der Waals surface area contributed by atoms with Crippen LogP contribution < -0.4 is 10.2 Å². The molecule has 6 nitrogen and oxygen atoms in total. The van der Waals surface area contributed by atoms with Crippen molar-refractivity contribution in [2.24, 2.45) is 0 Å². The van der Waals surface area contributed by atoms with Gasteiger partial charge in [-0.2, -0.15) is 0 Å². The van der Waals surface area contributed by atoms with E-state index in [1.165, 1.54) is 11.9 Å². The third-order valence-electron chi connectivity index (χ3n) is 4.43. The maximum absolute atomic E-state index is 11.9. The van der Waals surface area contributed by atoms with Gasteiger partial charge in [0.25, 0.3) is 5.91 Å². The van der Waals surface area contributed by atoms with Crippen LogP contribution in [0.4, 0.5) is 5.69 Å². The molecule has 1 aliphatic heterocycles. The number of rotatable bonds is 6. The number of amides is 1. The molecule has 0 spiro atoms. The summed E-state index contributed by atoms with van der Waals surface area (Å²) >= 11 is 0. The van der Waals surface area contributed by atoms with Gasteiger partial charge in [0.15, 0.2) is 0 Å². The highest BCUT2D eigenvalue weighted by atomic mass is 16.5. The highest BCUT2D eigenvalue weighted by molar-refractivity contribution is 5.94. The van der Waals surface area contributed by atoms with Crippen LogP contribution in [-0.4, -0.2) is 55.2 Å². The van der Waals surface area contributed by atoms with Crippen LogP contribution in [0.5, 0.6) is 0 Å². The molecule has 1 amide bonds. The zero-order valence-corrected chi connectivity index (χ0v) is 14.1. The second-order valence-corrected chi connectivity index (χ2v) is 6.07. The number of hydrogen-bond acceptors (Lipinski definition) is 5. The Morgan fingerprint density at radius 3 is 2.62 bits per heavy atom. The number of anilines is 1. The molecule has 24 heavy (non-hydrogen) atoms. The molecule has 0 radical (unpaired) electrons. The number of carbonyl (C=O) groups is 1. The predicted molar refractivity (Wildman–Crippen MR) is 93.3 cm³/mol. The lowest BCUT2D eigenvalue weighted by Crippen LogP contribution is -2.47.